The Morgan fingerprint density at radius 3 is 2.60 bits per heavy atom. The molecule has 1 heterocycles. The Kier molecular flexibility index (Phi) is 5.30. The van der Waals surface area contributed by atoms with Crippen molar-refractivity contribution in [1.29, 1.82) is 0 Å². The summed E-state index contributed by atoms with van der Waals surface area (Å²) in [5.74, 6) is 0.0922. The molecular formula is C15H17F3N6O. The van der Waals surface area contributed by atoms with E-state index in [1.807, 2.05) is 0 Å². The van der Waals surface area contributed by atoms with Gasteiger partial charge in [-0.3, -0.25) is 4.99 Å². The SMILES string of the molecule is CN=Cc1c(Nc2ncc(C(F)(F)F)c(NC)n2)ccc(OC)c1N. The number of hydrogen-bond donors (Lipinski definition) is 3. The molecule has 0 aliphatic rings. The van der Waals surface area contributed by atoms with Gasteiger partial charge in [-0.1, -0.05) is 0 Å². The molecule has 2 aromatic rings. The number of benzene rings is 1. The molecule has 0 aliphatic carbocycles. The third-order valence-electron chi connectivity index (χ3n) is 3.30. The van der Waals surface area contributed by atoms with Gasteiger partial charge < -0.3 is 21.1 Å². The molecule has 0 atom stereocenters. The van der Waals surface area contributed by atoms with E-state index in [2.05, 4.69) is 25.6 Å². The van der Waals surface area contributed by atoms with E-state index in [0.29, 0.717) is 28.9 Å². The monoisotopic (exact) mass is 354 g/mol. The van der Waals surface area contributed by atoms with E-state index < -0.39 is 11.7 Å². The molecule has 0 amide bonds. The van der Waals surface area contributed by atoms with E-state index in [4.69, 9.17) is 10.5 Å². The van der Waals surface area contributed by atoms with E-state index in [-0.39, 0.29) is 11.8 Å². The first kappa shape index (κ1) is 18.3. The van der Waals surface area contributed by atoms with Gasteiger partial charge in [-0.2, -0.15) is 18.2 Å². The Balaban J connectivity index is 2.45. The van der Waals surface area contributed by atoms with Crippen molar-refractivity contribution in [2.24, 2.45) is 4.99 Å². The van der Waals surface area contributed by atoms with Crippen molar-refractivity contribution in [1.82, 2.24) is 9.97 Å². The van der Waals surface area contributed by atoms with Crippen LogP contribution in [-0.4, -0.2) is 37.4 Å². The molecule has 0 spiro atoms. The number of hydrogen-bond acceptors (Lipinski definition) is 7. The Morgan fingerprint density at radius 1 is 1.32 bits per heavy atom. The summed E-state index contributed by atoms with van der Waals surface area (Å²) < 4.78 is 43.9. The van der Waals surface area contributed by atoms with E-state index in [1.165, 1.54) is 20.4 Å². The fourth-order valence-electron chi connectivity index (χ4n) is 2.13. The predicted molar refractivity (Wildman–Crippen MR) is 90.8 cm³/mol. The lowest BCUT2D eigenvalue weighted by Gasteiger charge is -2.15. The standard InChI is InChI=1S/C15H17F3N6O/c1-20-6-8-10(4-5-11(25-3)12(8)19)23-14-22-7-9(15(16,17)18)13(21-2)24-14/h4-7H,19H2,1-3H3,(H2,21,22,23,24). The van der Waals surface area contributed by atoms with Gasteiger partial charge in [0.25, 0.3) is 0 Å². The zero-order valence-corrected chi connectivity index (χ0v) is 13.8. The van der Waals surface area contributed by atoms with Crippen molar-refractivity contribution in [3.05, 3.63) is 29.5 Å². The molecular weight excluding hydrogens is 337 g/mol. The van der Waals surface area contributed by atoms with E-state index in [0.717, 1.165) is 0 Å². The van der Waals surface area contributed by atoms with Gasteiger partial charge in [-0.15, -0.1) is 0 Å². The number of aromatic nitrogens is 2. The topological polar surface area (TPSA) is 97.5 Å². The minimum atomic E-state index is -4.55. The summed E-state index contributed by atoms with van der Waals surface area (Å²) in [5.41, 5.74) is 6.38. The van der Waals surface area contributed by atoms with Crippen LogP contribution < -0.4 is 21.1 Å². The molecule has 0 fully saturated rings. The largest absolute Gasteiger partial charge is 0.495 e. The molecule has 0 unspecified atom stereocenters. The van der Waals surface area contributed by atoms with Crippen molar-refractivity contribution >= 4 is 29.4 Å². The highest BCUT2D eigenvalue weighted by Crippen LogP contribution is 2.35. The number of aliphatic imine (C=N–C) groups is 1. The summed E-state index contributed by atoms with van der Waals surface area (Å²) in [6, 6.07) is 3.26. The first-order valence-electron chi connectivity index (χ1n) is 7.09. The van der Waals surface area contributed by atoms with Gasteiger partial charge in [0, 0.05) is 32.1 Å². The maximum Gasteiger partial charge on any atom is 0.421 e. The highest BCUT2D eigenvalue weighted by molar-refractivity contribution is 5.97. The van der Waals surface area contributed by atoms with Crippen LogP contribution in [0, 0.1) is 0 Å². The predicted octanol–water partition coefficient (Wildman–Crippen LogP) is 2.92. The Morgan fingerprint density at radius 2 is 2.04 bits per heavy atom. The first-order valence-corrected chi connectivity index (χ1v) is 7.09. The lowest BCUT2D eigenvalue weighted by molar-refractivity contribution is -0.137. The van der Waals surface area contributed by atoms with Gasteiger partial charge in [-0.05, 0) is 12.1 Å². The van der Waals surface area contributed by atoms with Crippen LogP contribution >= 0.6 is 0 Å². The molecule has 0 radical (unpaired) electrons. The number of ether oxygens (including phenoxy) is 1. The van der Waals surface area contributed by atoms with Gasteiger partial charge in [0.15, 0.2) is 0 Å². The van der Waals surface area contributed by atoms with Crippen molar-refractivity contribution in [2.75, 3.05) is 37.6 Å². The molecule has 1 aromatic carbocycles. The van der Waals surface area contributed by atoms with Gasteiger partial charge in [-0.25, -0.2) is 4.98 Å². The zero-order chi connectivity index (χ0) is 18.6. The first-order chi connectivity index (χ1) is 11.8. The number of nitrogens with one attached hydrogen (secondary N) is 2. The lowest BCUT2D eigenvalue weighted by atomic mass is 10.1. The maximum absolute atomic E-state index is 12.9. The highest BCUT2D eigenvalue weighted by Gasteiger charge is 2.35. The van der Waals surface area contributed by atoms with Crippen molar-refractivity contribution < 1.29 is 17.9 Å². The van der Waals surface area contributed by atoms with Crippen LogP contribution in [0.1, 0.15) is 11.1 Å². The van der Waals surface area contributed by atoms with Crippen molar-refractivity contribution in [3.63, 3.8) is 0 Å². The van der Waals surface area contributed by atoms with Crippen LogP contribution in [0.2, 0.25) is 0 Å². The van der Waals surface area contributed by atoms with E-state index in [1.54, 1.807) is 19.2 Å². The molecule has 4 N–H and O–H groups in total. The average Bonchev–Trinajstić information content (AvgIpc) is 2.57. The lowest BCUT2D eigenvalue weighted by Crippen LogP contribution is -2.13. The molecule has 0 saturated heterocycles. The quantitative estimate of drug-likeness (QED) is 0.564. The minimum absolute atomic E-state index is 0.0207. The van der Waals surface area contributed by atoms with Crippen molar-refractivity contribution in [2.45, 2.75) is 6.18 Å². The number of nitrogen functional groups attached to an aromatic ring is 1. The molecule has 7 nitrogen and oxygen atoms in total. The van der Waals surface area contributed by atoms with Gasteiger partial charge in [0.1, 0.15) is 17.1 Å². The smallest absolute Gasteiger partial charge is 0.421 e. The summed E-state index contributed by atoms with van der Waals surface area (Å²) in [4.78, 5) is 11.5. The number of rotatable bonds is 5. The van der Waals surface area contributed by atoms with Gasteiger partial charge in [0.2, 0.25) is 5.95 Å². The third-order valence-corrected chi connectivity index (χ3v) is 3.30. The molecule has 1 aromatic heterocycles. The van der Waals surface area contributed by atoms with Crippen LogP contribution in [0.25, 0.3) is 0 Å². The average molecular weight is 354 g/mol. The van der Waals surface area contributed by atoms with Crippen molar-refractivity contribution in [3.8, 4) is 5.75 Å². The van der Waals surface area contributed by atoms with E-state index >= 15 is 0 Å². The second kappa shape index (κ2) is 7.24. The second-order valence-corrected chi connectivity index (χ2v) is 4.86. The Hall–Kier alpha value is -3.04. The number of alkyl halides is 3. The van der Waals surface area contributed by atoms with Crippen LogP contribution in [0.4, 0.5) is 36.3 Å². The summed E-state index contributed by atoms with van der Waals surface area (Å²) in [6.07, 6.45) is -2.34. The van der Waals surface area contributed by atoms with Gasteiger partial charge >= 0.3 is 6.18 Å². The van der Waals surface area contributed by atoms with Crippen LogP contribution in [0.15, 0.2) is 23.3 Å². The number of halogens is 3. The molecule has 0 bridgehead atoms. The number of nitrogens with two attached hydrogens (primary N) is 1. The minimum Gasteiger partial charge on any atom is -0.495 e. The van der Waals surface area contributed by atoms with E-state index in [9.17, 15) is 13.2 Å². The Labute approximate surface area is 142 Å². The molecule has 0 saturated carbocycles. The number of nitrogens with zero attached hydrogens (tertiary/aromatic N) is 3. The second-order valence-electron chi connectivity index (χ2n) is 4.86. The fourth-order valence-corrected chi connectivity index (χ4v) is 2.13. The number of anilines is 4. The summed E-state index contributed by atoms with van der Waals surface area (Å²) in [5, 5.41) is 5.26. The molecule has 2 rings (SSSR count). The van der Waals surface area contributed by atoms with Crippen LogP contribution in [-0.2, 0) is 6.18 Å². The normalized spacial score (nSPS) is 11.6. The van der Waals surface area contributed by atoms with Crippen LogP contribution in [0.3, 0.4) is 0 Å². The van der Waals surface area contributed by atoms with Gasteiger partial charge in [0.05, 0.1) is 18.5 Å². The van der Waals surface area contributed by atoms with Crippen LogP contribution in [0.5, 0.6) is 5.75 Å². The zero-order valence-electron chi connectivity index (χ0n) is 13.8. The third kappa shape index (κ3) is 3.90. The molecule has 25 heavy (non-hydrogen) atoms. The maximum atomic E-state index is 12.9. The Bertz CT molecular complexity index is 792. The molecule has 10 heteroatoms. The highest BCUT2D eigenvalue weighted by atomic mass is 19.4. The number of methoxy groups -OCH3 is 1. The molecule has 0 aliphatic heterocycles. The summed E-state index contributed by atoms with van der Waals surface area (Å²) in [7, 11) is 4.39. The molecule has 134 valence electrons. The fraction of sp³-hybridized carbons (Fsp3) is 0.267. The summed E-state index contributed by atoms with van der Waals surface area (Å²) in [6.45, 7) is 0. The summed E-state index contributed by atoms with van der Waals surface area (Å²) >= 11 is 0.